The van der Waals surface area contributed by atoms with Gasteiger partial charge in [-0.25, -0.2) is 0 Å². The molecule has 0 unspecified atom stereocenters. The zero-order chi connectivity index (χ0) is 11.1. The minimum Gasteiger partial charge on any atom is -0.330 e. The van der Waals surface area contributed by atoms with Crippen LogP contribution in [0.15, 0.2) is 24.3 Å². The summed E-state index contributed by atoms with van der Waals surface area (Å²) in [5, 5.41) is 0. The second-order valence-electron chi connectivity index (χ2n) is 4.12. The second kappa shape index (κ2) is 6.59. The first-order chi connectivity index (χ1) is 7.24. The molecular weight excluding hydrogens is 184 g/mol. The maximum absolute atomic E-state index is 5.48. The molecule has 1 rings (SSSR count). The minimum atomic E-state index is 0.786. The number of likely N-dealkylation sites (N-methyl/N-ethyl adjacent to an activating group) is 1. The van der Waals surface area contributed by atoms with Gasteiger partial charge in [0.05, 0.1) is 0 Å². The van der Waals surface area contributed by atoms with Gasteiger partial charge in [-0.15, -0.1) is 0 Å². The Kier molecular flexibility index (Phi) is 5.37. The Bertz CT molecular complexity index is 284. The van der Waals surface area contributed by atoms with Gasteiger partial charge in [-0.2, -0.15) is 0 Å². The molecule has 2 N–H and O–H groups in total. The second-order valence-corrected chi connectivity index (χ2v) is 4.12. The molecule has 0 aliphatic carbocycles. The molecule has 84 valence electrons. The lowest BCUT2D eigenvalue weighted by Crippen LogP contribution is -2.24. The van der Waals surface area contributed by atoms with Gasteiger partial charge in [0.1, 0.15) is 0 Å². The SMILES string of the molecule is Cc1ccccc1CCN(C)CCCN. The highest BCUT2D eigenvalue weighted by Gasteiger charge is 2.00. The van der Waals surface area contributed by atoms with Crippen molar-refractivity contribution in [3.8, 4) is 0 Å². The predicted molar refractivity (Wildman–Crippen MR) is 66.1 cm³/mol. The standard InChI is InChI=1S/C13H22N2/c1-12-6-3-4-7-13(12)8-11-15(2)10-5-9-14/h3-4,6-7H,5,8-11,14H2,1-2H3. The van der Waals surface area contributed by atoms with Crippen LogP contribution in [0.1, 0.15) is 17.5 Å². The highest BCUT2D eigenvalue weighted by Crippen LogP contribution is 2.07. The van der Waals surface area contributed by atoms with Crippen LogP contribution in [0.5, 0.6) is 0 Å². The molecule has 0 saturated carbocycles. The fourth-order valence-electron chi connectivity index (χ4n) is 1.67. The van der Waals surface area contributed by atoms with E-state index >= 15 is 0 Å². The third-order valence-corrected chi connectivity index (χ3v) is 2.77. The summed E-state index contributed by atoms with van der Waals surface area (Å²) in [4.78, 5) is 2.35. The van der Waals surface area contributed by atoms with Crippen molar-refractivity contribution in [2.24, 2.45) is 5.73 Å². The summed E-state index contributed by atoms with van der Waals surface area (Å²) in [5.74, 6) is 0. The Labute approximate surface area is 93.1 Å². The summed E-state index contributed by atoms with van der Waals surface area (Å²) in [6, 6.07) is 8.60. The van der Waals surface area contributed by atoms with E-state index in [1.54, 1.807) is 0 Å². The van der Waals surface area contributed by atoms with Crippen molar-refractivity contribution in [2.75, 3.05) is 26.7 Å². The molecule has 2 heteroatoms. The quantitative estimate of drug-likeness (QED) is 0.769. The number of benzene rings is 1. The van der Waals surface area contributed by atoms with Crippen LogP contribution in [0.4, 0.5) is 0 Å². The normalized spacial score (nSPS) is 10.9. The maximum Gasteiger partial charge on any atom is 0.00189 e. The van der Waals surface area contributed by atoms with E-state index in [0.717, 1.165) is 32.5 Å². The van der Waals surface area contributed by atoms with Crippen LogP contribution in [-0.4, -0.2) is 31.6 Å². The highest BCUT2D eigenvalue weighted by molar-refractivity contribution is 5.25. The third-order valence-electron chi connectivity index (χ3n) is 2.77. The van der Waals surface area contributed by atoms with Gasteiger partial charge in [-0.1, -0.05) is 24.3 Å². The first kappa shape index (κ1) is 12.2. The van der Waals surface area contributed by atoms with Crippen LogP contribution in [0.25, 0.3) is 0 Å². The van der Waals surface area contributed by atoms with E-state index in [2.05, 4.69) is 43.1 Å². The van der Waals surface area contributed by atoms with Crippen molar-refractivity contribution >= 4 is 0 Å². The number of hydrogen-bond acceptors (Lipinski definition) is 2. The van der Waals surface area contributed by atoms with Crippen LogP contribution < -0.4 is 5.73 Å². The summed E-state index contributed by atoms with van der Waals surface area (Å²) < 4.78 is 0. The van der Waals surface area contributed by atoms with E-state index in [-0.39, 0.29) is 0 Å². The molecule has 2 nitrogen and oxygen atoms in total. The van der Waals surface area contributed by atoms with E-state index in [9.17, 15) is 0 Å². The van der Waals surface area contributed by atoms with E-state index in [1.807, 2.05) is 0 Å². The Balaban J connectivity index is 2.33. The summed E-state index contributed by atoms with van der Waals surface area (Å²) >= 11 is 0. The third kappa shape index (κ3) is 4.45. The van der Waals surface area contributed by atoms with Gasteiger partial charge in [-0.3, -0.25) is 0 Å². The molecule has 0 aliphatic rings. The highest BCUT2D eigenvalue weighted by atomic mass is 15.1. The summed E-state index contributed by atoms with van der Waals surface area (Å²) in [6.07, 6.45) is 2.22. The van der Waals surface area contributed by atoms with Gasteiger partial charge in [-0.05, 0) is 51.0 Å². The molecule has 0 amide bonds. The maximum atomic E-state index is 5.48. The molecule has 15 heavy (non-hydrogen) atoms. The van der Waals surface area contributed by atoms with Crippen molar-refractivity contribution in [1.29, 1.82) is 0 Å². The van der Waals surface area contributed by atoms with Crippen LogP contribution >= 0.6 is 0 Å². The molecule has 0 saturated heterocycles. The Morgan fingerprint density at radius 1 is 1.20 bits per heavy atom. The molecule has 0 atom stereocenters. The Morgan fingerprint density at radius 2 is 1.93 bits per heavy atom. The lowest BCUT2D eigenvalue weighted by atomic mass is 10.1. The summed E-state index contributed by atoms with van der Waals surface area (Å²) in [5.41, 5.74) is 8.33. The fraction of sp³-hybridized carbons (Fsp3) is 0.538. The smallest absolute Gasteiger partial charge is 0.00189 e. The van der Waals surface area contributed by atoms with Crippen molar-refractivity contribution in [3.05, 3.63) is 35.4 Å². The predicted octanol–water partition coefficient (Wildman–Crippen LogP) is 1.82. The van der Waals surface area contributed by atoms with Crippen LogP contribution in [0.2, 0.25) is 0 Å². The monoisotopic (exact) mass is 206 g/mol. The minimum absolute atomic E-state index is 0.786. The molecule has 0 bridgehead atoms. The number of nitrogens with zero attached hydrogens (tertiary/aromatic N) is 1. The fourth-order valence-corrected chi connectivity index (χ4v) is 1.67. The number of rotatable bonds is 6. The van der Waals surface area contributed by atoms with Crippen molar-refractivity contribution in [1.82, 2.24) is 4.90 Å². The van der Waals surface area contributed by atoms with Gasteiger partial charge in [0.15, 0.2) is 0 Å². The summed E-state index contributed by atoms with van der Waals surface area (Å²) in [7, 11) is 2.16. The average Bonchev–Trinajstić information content (AvgIpc) is 2.25. The molecule has 0 aromatic heterocycles. The summed E-state index contributed by atoms with van der Waals surface area (Å²) in [6.45, 7) is 5.18. The lowest BCUT2D eigenvalue weighted by Gasteiger charge is -2.16. The van der Waals surface area contributed by atoms with Crippen LogP contribution in [0, 0.1) is 6.92 Å². The first-order valence-corrected chi connectivity index (χ1v) is 5.67. The van der Waals surface area contributed by atoms with E-state index < -0.39 is 0 Å². The zero-order valence-corrected chi connectivity index (χ0v) is 9.87. The number of hydrogen-bond donors (Lipinski definition) is 1. The zero-order valence-electron chi connectivity index (χ0n) is 9.87. The molecule has 1 aromatic rings. The van der Waals surface area contributed by atoms with Gasteiger partial charge in [0.2, 0.25) is 0 Å². The van der Waals surface area contributed by atoms with Crippen molar-refractivity contribution < 1.29 is 0 Å². The van der Waals surface area contributed by atoms with Crippen molar-refractivity contribution in [2.45, 2.75) is 19.8 Å². The molecule has 0 heterocycles. The van der Waals surface area contributed by atoms with E-state index in [1.165, 1.54) is 11.1 Å². The molecule has 0 radical (unpaired) electrons. The Morgan fingerprint density at radius 3 is 2.60 bits per heavy atom. The lowest BCUT2D eigenvalue weighted by molar-refractivity contribution is 0.335. The van der Waals surface area contributed by atoms with Gasteiger partial charge in [0, 0.05) is 6.54 Å². The first-order valence-electron chi connectivity index (χ1n) is 5.67. The molecule has 1 aromatic carbocycles. The molecule has 0 spiro atoms. The van der Waals surface area contributed by atoms with Crippen molar-refractivity contribution in [3.63, 3.8) is 0 Å². The largest absolute Gasteiger partial charge is 0.330 e. The van der Waals surface area contributed by atoms with Gasteiger partial charge in [0.25, 0.3) is 0 Å². The number of aryl methyl sites for hydroxylation is 1. The van der Waals surface area contributed by atoms with E-state index in [4.69, 9.17) is 5.73 Å². The van der Waals surface area contributed by atoms with Gasteiger partial charge < -0.3 is 10.6 Å². The molecule has 0 aliphatic heterocycles. The van der Waals surface area contributed by atoms with Crippen LogP contribution in [-0.2, 0) is 6.42 Å². The molecule has 0 fully saturated rings. The van der Waals surface area contributed by atoms with Crippen LogP contribution in [0.3, 0.4) is 0 Å². The average molecular weight is 206 g/mol. The molecular formula is C13H22N2. The number of nitrogens with two attached hydrogens (primary N) is 1. The van der Waals surface area contributed by atoms with E-state index in [0.29, 0.717) is 0 Å². The topological polar surface area (TPSA) is 29.3 Å². The van der Waals surface area contributed by atoms with Gasteiger partial charge >= 0.3 is 0 Å². The Hall–Kier alpha value is -0.860.